The maximum Gasteiger partial charge on any atom is 0.387 e. The minimum atomic E-state index is -3.02. The molecule has 164 valence electrons. The molecule has 2 aliphatic rings. The van der Waals surface area contributed by atoms with Crippen molar-refractivity contribution < 1.29 is 27.4 Å². The number of halogens is 4. The van der Waals surface area contributed by atoms with E-state index in [0.717, 1.165) is 19.4 Å². The van der Waals surface area contributed by atoms with Crippen molar-refractivity contribution in [3.05, 3.63) is 29.6 Å². The Balaban J connectivity index is 0.00000300. The maximum absolute atomic E-state index is 14.2. The number of nitrogens with one attached hydrogen (secondary N) is 1. The van der Waals surface area contributed by atoms with Gasteiger partial charge in [-0.2, -0.15) is 8.78 Å². The zero-order valence-corrected chi connectivity index (χ0v) is 18.6. The molecule has 0 bridgehead atoms. The van der Waals surface area contributed by atoms with Crippen LogP contribution in [0.15, 0.2) is 23.2 Å². The van der Waals surface area contributed by atoms with Crippen LogP contribution in [0, 0.1) is 5.82 Å². The quantitative estimate of drug-likeness (QED) is 0.348. The molecule has 3 rings (SSSR count). The van der Waals surface area contributed by atoms with Crippen molar-refractivity contribution in [2.75, 3.05) is 32.8 Å². The summed E-state index contributed by atoms with van der Waals surface area (Å²) in [7, 11) is 0. The van der Waals surface area contributed by atoms with Crippen molar-refractivity contribution in [2.24, 2.45) is 4.99 Å². The van der Waals surface area contributed by atoms with E-state index >= 15 is 0 Å². The summed E-state index contributed by atoms with van der Waals surface area (Å²) in [5.41, 5.74) is 0.00198. The molecule has 2 atom stereocenters. The Labute approximate surface area is 185 Å². The lowest BCUT2D eigenvalue weighted by Gasteiger charge is -2.37. The fourth-order valence-corrected chi connectivity index (χ4v) is 3.47. The van der Waals surface area contributed by atoms with Gasteiger partial charge >= 0.3 is 6.61 Å². The van der Waals surface area contributed by atoms with Gasteiger partial charge in [-0.1, -0.05) is 6.07 Å². The summed E-state index contributed by atoms with van der Waals surface area (Å²) in [6.45, 7) is 1.94. The fraction of sp³-hybridized carbons (Fsp3) is 0.632. The number of guanidine groups is 1. The van der Waals surface area contributed by atoms with Crippen molar-refractivity contribution in [3.8, 4) is 5.75 Å². The van der Waals surface area contributed by atoms with Gasteiger partial charge in [0, 0.05) is 26.2 Å². The Morgan fingerprint density at radius 2 is 2.10 bits per heavy atom. The SMILES string of the molecule is CCNC(=NCc1c(F)cccc1OC(F)F)N1CCOC(C2CCCO2)C1.I. The summed E-state index contributed by atoms with van der Waals surface area (Å²) in [5, 5.41) is 3.18. The average molecular weight is 529 g/mol. The molecular weight excluding hydrogens is 502 g/mol. The topological polar surface area (TPSA) is 55.3 Å². The molecule has 1 N–H and O–H groups in total. The van der Waals surface area contributed by atoms with Crippen molar-refractivity contribution in [1.29, 1.82) is 0 Å². The molecule has 29 heavy (non-hydrogen) atoms. The van der Waals surface area contributed by atoms with E-state index in [1.807, 2.05) is 11.8 Å². The Morgan fingerprint density at radius 3 is 2.79 bits per heavy atom. The van der Waals surface area contributed by atoms with Gasteiger partial charge in [0.05, 0.1) is 24.8 Å². The molecule has 10 heteroatoms. The molecule has 0 aromatic heterocycles. The van der Waals surface area contributed by atoms with E-state index < -0.39 is 12.4 Å². The number of hydrogen-bond donors (Lipinski definition) is 1. The first-order valence-electron chi connectivity index (χ1n) is 9.57. The van der Waals surface area contributed by atoms with Gasteiger partial charge in [-0.15, -0.1) is 24.0 Å². The zero-order chi connectivity index (χ0) is 19.9. The van der Waals surface area contributed by atoms with Gasteiger partial charge < -0.3 is 24.4 Å². The van der Waals surface area contributed by atoms with Gasteiger partial charge in [-0.3, -0.25) is 0 Å². The summed E-state index contributed by atoms with van der Waals surface area (Å²) < 4.78 is 55.4. The Morgan fingerprint density at radius 1 is 1.31 bits per heavy atom. The van der Waals surface area contributed by atoms with Crippen LogP contribution in [0.2, 0.25) is 0 Å². The van der Waals surface area contributed by atoms with Crippen LogP contribution in [0.3, 0.4) is 0 Å². The predicted octanol–water partition coefficient (Wildman–Crippen LogP) is 3.39. The second kappa shape index (κ2) is 11.8. The number of rotatable bonds is 6. The first-order valence-corrected chi connectivity index (χ1v) is 9.57. The third-order valence-electron chi connectivity index (χ3n) is 4.79. The summed E-state index contributed by atoms with van der Waals surface area (Å²) >= 11 is 0. The van der Waals surface area contributed by atoms with E-state index in [0.29, 0.717) is 32.2 Å². The molecule has 0 radical (unpaired) electrons. The Hall–Kier alpha value is -1.27. The van der Waals surface area contributed by atoms with Gasteiger partial charge in [0.2, 0.25) is 0 Å². The van der Waals surface area contributed by atoms with E-state index in [2.05, 4.69) is 15.0 Å². The highest BCUT2D eigenvalue weighted by Crippen LogP contribution is 2.25. The van der Waals surface area contributed by atoms with E-state index in [9.17, 15) is 13.2 Å². The minimum absolute atomic E-state index is 0. The molecule has 0 aliphatic carbocycles. The number of ether oxygens (including phenoxy) is 3. The standard InChI is InChI=1S/C19H26F3N3O3.HI/c1-2-23-19(25-8-10-27-17(12-25)16-7-4-9-26-16)24-11-13-14(20)5-3-6-15(13)28-18(21)22;/h3,5-6,16-18H,2,4,7-12H2,1H3,(H,23,24);1H. The van der Waals surface area contributed by atoms with Crippen LogP contribution in [-0.4, -0.2) is 62.5 Å². The van der Waals surface area contributed by atoms with E-state index in [1.54, 1.807) is 0 Å². The first kappa shape index (κ1) is 24.0. The van der Waals surface area contributed by atoms with Gasteiger partial charge in [0.1, 0.15) is 17.7 Å². The molecular formula is C19H27F3IN3O3. The highest BCUT2D eigenvalue weighted by Gasteiger charge is 2.32. The normalized spacial score (nSPS) is 22.5. The summed E-state index contributed by atoms with van der Waals surface area (Å²) in [4.78, 5) is 6.50. The van der Waals surface area contributed by atoms with Crippen LogP contribution < -0.4 is 10.1 Å². The molecule has 1 aromatic carbocycles. The predicted molar refractivity (Wildman–Crippen MR) is 114 cm³/mol. The van der Waals surface area contributed by atoms with Crippen LogP contribution in [0.4, 0.5) is 13.2 Å². The van der Waals surface area contributed by atoms with Crippen LogP contribution >= 0.6 is 24.0 Å². The Kier molecular flexibility index (Phi) is 9.76. The Bertz CT molecular complexity index is 675. The number of benzene rings is 1. The third-order valence-corrected chi connectivity index (χ3v) is 4.79. The molecule has 2 aliphatic heterocycles. The summed E-state index contributed by atoms with van der Waals surface area (Å²) in [6.07, 6.45) is 2.02. The van der Waals surface area contributed by atoms with Crippen molar-refractivity contribution in [3.63, 3.8) is 0 Å². The van der Waals surface area contributed by atoms with Crippen molar-refractivity contribution in [1.82, 2.24) is 10.2 Å². The maximum atomic E-state index is 14.2. The number of nitrogens with zero attached hydrogens (tertiary/aromatic N) is 2. The first-order chi connectivity index (χ1) is 13.6. The van der Waals surface area contributed by atoms with Crippen LogP contribution in [0.5, 0.6) is 5.75 Å². The molecule has 2 heterocycles. The van der Waals surface area contributed by atoms with Crippen molar-refractivity contribution >= 4 is 29.9 Å². The summed E-state index contributed by atoms with van der Waals surface area (Å²) in [6, 6.07) is 3.85. The van der Waals surface area contributed by atoms with E-state index in [4.69, 9.17) is 9.47 Å². The van der Waals surface area contributed by atoms with E-state index in [-0.39, 0.29) is 54.0 Å². The number of alkyl halides is 2. The lowest BCUT2D eigenvalue weighted by molar-refractivity contribution is -0.0817. The smallest absolute Gasteiger partial charge is 0.387 e. The summed E-state index contributed by atoms with van der Waals surface area (Å²) in [5.74, 6) is -0.245. The van der Waals surface area contributed by atoms with Crippen LogP contribution in [0.1, 0.15) is 25.3 Å². The third kappa shape index (κ3) is 6.61. The van der Waals surface area contributed by atoms with Gasteiger partial charge in [0.25, 0.3) is 0 Å². The number of aliphatic imine (C=N–C) groups is 1. The molecule has 0 spiro atoms. The zero-order valence-electron chi connectivity index (χ0n) is 16.3. The molecule has 2 unspecified atom stereocenters. The highest BCUT2D eigenvalue weighted by atomic mass is 127. The second-order valence-corrected chi connectivity index (χ2v) is 6.67. The number of hydrogen-bond acceptors (Lipinski definition) is 4. The van der Waals surface area contributed by atoms with Gasteiger partial charge in [0.15, 0.2) is 5.96 Å². The number of morpholine rings is 1. The minimum Gasteiger partial charge on any atom is -0.434 e. The van der Waals surface area contributed by atoms with Gasteiger partial charge in [-0.05, 0) is 31.9 Å². The lowest BCUT2D eigenvalue weighted by Crippen LogP contribution is -2.53. The van der Waals surface area contributed by atoms with Crippen molar-refractivity contribution in [2.45, 2.75) is 45.1 Å². The molecule has 2 saturated heterocycles. The lowest BCUT2D eigenvalue weighted by atomic mass is 10.1. The van der Waals surface area contributed by atoms with Crippen LogP contribution in [0.25, 0.3) is 0 Å². The van der Waals surface area contributed by atoms with Gasteiger partial charge in [-0.25, -0.2) is 9.38 Å². The van der Waals surface area contributed by atoms with E-state index in [1.165, 1.54) is 18.2 Å². The molecule has 2 fully saturated rings. The fourth-order valence-electron chi connectivity index (χ4n) is 3.47. The van der Waals surface area contributed by atoms with Crippen LogP contribution in [-0.2, 0) is 16.0 Å². The average Bonchev–Trinajstić information content (AvgIpc) is 3.21. The molecule has 0 saturated carbocycles. The molecule has 1 aromatic rings. The highest BCUT2D eigenvalue weighted by molar-refractivity contribution is 14.0. The molecule has 6 nitrogen and oxygen atoms in total. The largest absolute Gasteiger partial charge is 0.434 e. The monoisotopic (exact) mass is 529 g/mol. The molecule has 0 amide bonds. The second-order valence-electron chi connectivity index (χ2n) is 6.67.